The number of likely N-dealkylation sites (N-methyl/N-ethyl adjacent to an activating group) is 2. The predicted octanol–water partition coefficient (Wildman–Crippen LogP) is 1.80. The van der Waals surface area contributed by atoms with Crippen LogP contribution in [0.15, 0.2) is 60.7 Å². The average Bonchev–Trinajstić information content (AvgIpc) is 2.97. The van der Waals surface area contributed by atoms with E-state index in [1.807, 2.05) is 12.1 Å². The van der Waals surface area contributed by atoms with E-state index in [-0.39, 0.29) is 16.6 Å². The minimum Gasteiger partial charge on any atom is -0.481 e. The summed E-state index contributed by atoms with van der Waals surface area (Å²) in [6.45, 7) is 20.4. The molecule has 3 aliphatic rings. The van der Waals surface area contributed by atoms with Gasteiger partial charge >= 0.3 is 5.97 Å². The number of halogens is 1. The van der Waals surface area contributed by atoms with E-state index in [2.05, 4.69) is 101 Å². The van der Waals surface area contributed by atoms with Gasteiger partial charge in [0.2, 0.25) is 5.36 Å². The number of ether oxygens (including phenoxy) is 1. The molecule has 6 rings (SSSR count). The highest BCUT2D eigenvalue weighted by Crippen LogP contribution is 2.46. The third kappa shape index (κ3) is 7.77. The highest BCUT2D eigenvalue weighted by molar-refractivity contribution is 5.99. The lowest BCUT2D eigenvalue weighted by molar-refractivity contribution is -2.00. The van der Waals surface area contributed by atoms with Crippen LogP contribution in [0, 0.1) is 10.2 Å². The number of hydrogen-bond donors (Lipinski definition) is 2. The number of nitrogens with zero attached hydrogens (tertiary/aromatic N) is 2. The third-order valence-electron chi connectivity index (χ3n) is 8.98. The standard InChI is InChI=1S/C36H38N2O3.C2H4O2.ClHO4/c1-9-37-29-17-31-27(15-25(29)21(3)19-35(37,5)6)33(23-13-11-12-14-24(23)34(39)40)28-16-26-22(4)20-36(7,8)38(10-2)30(26)18-32(28)41-31;1-2(3)4;2-1(3,4)5/h11-20H,9-10H2,1-8H3;1H3,(H,3,4);(H,2,3,4,5). The van der Waals surface area contributed by atoms with E-state index in [1.54, 1.807) is 12.1 Å². The van der Waals surface area contributed by atoms with Crippen molar-refractivity contribution in [2.24, 2.45) is 0 Å². The van der Waals surface area contributed by atoms with Crippen LogP contribution in [0.25, 0.3) is 16.7 Å². The Morgan fingerprint density at radius 3 is 1.98 bits per heavy atom. The van der Waals surface area contributed by atoms with Gasteiger partial charge in [-0.15, -0.1) is 10.2 Å². The SMILES string of the molecule is CC(=O)O.CCN1c2cc3c(cc2C(C)=CC1(C)C)C(c1ccccc1C(=O)O)=c1cc2c(cc1O3)=[N+](CC)C(C)(C)C=C2C.[O-][Cl+3]([O-])([O-])[O-]. The monoisotopic (exact) mass is 706 g/mol. The lowest BCUT2D eigenvalue weighted by atomic mass is 9.83. The van der Waals surface area contributed by atoms with Crippen molar-refractivity contribution in [1.29, 1.82) is 0 Å². The second kappa shape index (κ2) is 14.0. The van der Waals surface area contributed by atoms with Gasteiger partial charge < -0.3 is 19.8 Å². The molecular formula is C38H43ClN2O9. The lowest BCUT2D eigenvalue weighted by Crippen LogP contribution is -2.68. The van der Waals surface area contributed by atoms with Gasteiger partial charge in [-0.2, -0.15) is 0 Å². The molecule has 0 spiro atoms. The molecule has 0 saturated carbocycles. The van der Waals surface area contributed by atoms with Crippen molar-refractivity contribution in [3.8, 4) is 11.5 Å². The molecule has 3 aromatic rings. The Kier molecular flexibility index (Phi) is 10.7. The first-order chi connectivity index (χ1) is 23.1. The van der Waals surface area contributed by atoms with Crippen LogP contribution in [0.1, 0.15) is 94.9 Å². The van der Waals surface area contributed by atoms with Crippen LogP contribution < -0.4 is 43.4 Å². The normalized spacial score (nSPS) is 16.4. The van der Waals surface area contributed by atoms with Crippen molar-refractivity contribution in [2.45, 2.75) is 73.4 Å². The third-order valence-corrected chi connectivity index (χ3v) is 8.98. The molecule has 11 nitrogen and oxygen atoms in total. The van der Waals surface area contributed by atoms with Crippen LogP contribution in [-0.4, -0.2) is 46.3 Å². The lowest BCUT2D eigenvalue weighted by Gasteiger charge is -2.43. The molecular weight excluding hydrogens is 664 g/mol. The molecule has 0 aromatic heterocycles. The fourth-order valence-electron chi connectivity index (χ4n) is 7.37. The molecule has 0 amide bonds. The van der Waals surface area contributed by atoms with Crippen LogP contribution in [0.4, 0.5) is 5.69 Å². The topological polar surface area (TPSA) is 182 Å². The second-order valence-electron chi connectivity index (χ2n) is 13.4. The number of carbonyl (C=O) groups is 2. The molecule has 0 unspecified atom stereocenters. The zero-order valence-corrected chi connectivity index (χ0v) is 30.5. The minimum atomic E-state index is -4.94. The van der Waals surface area contributed by atoms with Crippen molar-refractivity contribution in [3.05, 3.63) is 99.1 Å². The number of hydrogen-bond acceptors (Lipinski definition) is 8. The summed E-state index contributed by atoms with van der Waals surface area (Å²) in [7, 11) is -4.94. The Morgan fingerprint density at radius 1 is 0.840 bits per heavy atom. The number of allylic oxidation sites excluding steroid dienone is 2. The first-order valence-corrected chi connectivity index (χ1v) is 17.3. The minimum absolute atomic E-state index is 0.134. The summed E-state index contributed by atoms with van der Waals surface area (Å²) < 4.78 is 43.2. The maximum absolute atomic E-state index is 12.5. The quantitative estimate of drug-likeness (QED) is 0.297. The van der Waals surface area contributed by atoms with Crippen LogP contribution in [-0.2, 0) is 4.79 Å². The molecule has 0 saturated heterocycles. The zero-order valence-electron chi connectivity index (χ0n) is 29.7. The summed E-state index contributed by atoms with van der Waals surface area (Å²) in [6.07, 6.45) is 4.64. The van der Waals surface area contributed by atoms with Gasteiger partial charge in [-0.25, -0.2) is 28.0 Å². The van der Waals surface area contributed by atoms with Crippen molar-refractivity contribution < 1.29 is 53.4 Å². The van der Waals surface area contributed by atoms with Gasteiger partial charge in [-0.3, -0.25) is 4.79 Å². The number of rotatable bonds is 4. The Labute approximate surface area is 293 Å². The average molecular weight is 707 g/mol. The number of benzene rings is 3. The van der Waals surface area contributed by atoms with Gasteiger partial charge in [0.25, 0.3) is 5.97 Å². The fraction of sp³-hybridized carbons (Fsp3) is 0.342. The Morgan fingerprint density at radius 2 is 1.42 bits per heavy atom. The molecule has 3 aromatic carbocycles. The molecule has 3 heterocycles. The van der Waals surface area contributed by atoms with Crippen LogP contribution in [0.2, 0.25) is 0 Å². The molecule has 0 aliphatic carbocycles. The van der Waals surface area contributed by atoms with Crippen molar-refractivity contribution in [3.63, 3.8) is 0 Å². The van der Waals surface area contributed by atoms with Gasteiger partial charge in [0.1, 0.15) is 18.0 Å². The highest BCUT2D eigenvalue weighted by Gasteiger charge is 2.36. The molecule has 0 radical (unpaired) electrons. The summed E-state index contributed by atoms with van der Waals surface area (Å²) >= 11 is 0. The molecule has 0 atom stereocenters. The first-order valence-electron chi connectivity index (χ1n) is 16.1. The number of carboxylic acids is 2. The van der Waals surface area contributed by atoms with Gasteiger partial charge in [0.05, 0.1) is 17.2 Å². The maximum atomic E-state index is 12.5. The fourth-order valence-corrected chi connectivity index (χ4v) is 7.37. The summed E-state index contributed by atoms with van der Waals surface area (Å²) in [5.74, 6) is -0.273. The van der Waals surface area contributed by atoms with E-state index in [1.165, 1.54) is 11.1 Å². The molecule has 2 N–H and O–H groups in total. The highest BCUT2D eigenvalue weighted by atomic mass is 35.7. The largest absolute Gasteiger partial charge is 0.481 e. The Balaban J connectivity index is 0.000000558. The molecule has 0 bridgehead atoms. The first kappa shape index (κ1) is 38.3. The van der Waals surface area contributed by atoms with E-state index in [0.717, 1.165) is 70.0 Å². The van der Waals surface area contributed by atoms with Crippen LogP contribution in [0.5, 0.6) is 11.5 Å². The number of anilines is 1. The van der Waals surface area contributed by atoms with Crippen molar-refractivity contribution in [1.82, 2.24) is 4.58 Å². The molecule has 266 valence electrons. The second-order valence-corrected chi connectivity index (χ2v) is 14.2. The van der Waals surface area contributed by atoms with E-state index >= 15 is 0 Å². The number of carboxylic acid groups (broad SMARTS) is 2. The molecule has 50 heavy (non-hydrogen) atoms. The smallest absolute Gasteiger partial charge is 0.336 e. The van der Waals surface area contributed by atoms with Crippen LogP contribution in [0.3, 0.4) is 0 Å². The van der Waals surface area contributed by atoms with Gasteiger partial charge in [0, 0.05) is 66.6 Å². The van der Waals surface area contributed by atoms with Crippen molar-refractivity contribution in [2.75, 3.05) is 18.0 Å². The predicted molar refractivity (Wildman–Crippen MR) is 181 cm³/mol. The zero-order chi connectivity index (χ0) is 37.5. The molecule has 12 heteroatoms. The Bertz CT molecular complexity index is 2050. The number of fused-ring (bicyclic) bond motifs is 4. The van der Waals surface area contributed by atoms with Gasteiger partial charge in [-0.1, -0.05) is 24.3 Å². The number of aliphatic carboxylic acids is 1. The summed E-state index contributed by atoms with van der Waals surface area (Å²) in [5, 5.41) is 19.7. The van der Waals surface area contributed by atoms with E-state index in [4.69, 9.17) is 33.3 Å². The maximum Gasteiger partial charge on any atom is 0.336 e. The van der Waals surface area contributed by atoms with E-state index in [9.17, 15) is 9.90 Å². The Hall–Kier alpha value is -4.52. The van der Waals surface area contributed by atoms with E-state index in [0.29, 0.717) is 5.56 Å². The van der Waals surface area contributed by atoms with Gasteiger partial charge in [-0.05, 0) is 82.5 Å². The molecule has 0 fully saturated rings. The van der Waals surface area contributed by atoms with Crippen molar-refractivity contribution >= 4 is 34.3 Å². The van der Waals surface area contributed by atoms with Gasteiger partial charge in [0.15, 0.2) is 5.54 Å². The van der Waals surface area contributed by atoms with E-state index < -0.39 is 22.2 Å². The summed E-state index contributed by atoms with van der Waals surface area (Å²) in [5.41, 5.74) is 8.37. The molecule has 3 aliphatic heterocycles. The summed E-state index contributed by atoms with van der Waals surface area (Å²) in [6, 6.07) is 16.0. The number of aromatic carboxylic acids is 1. The van der Waals surface area contributed by atoms with Crippen LogP contribution >= 0.6 is 0 Å². The summed E-state index contributed by atoms with van der Waals surface area (Å²) in [4.78, 5) is 23.9.